The molecule has 2 aromatic heterocycles. The number of tetrazole rings is 1. The number of aromatic nitrogens is 6. The van der Waals surface area contributed by atoms with Gasteiger partial charge in [0.25, 0.3) is 0 Å². The number of esters is 2. The molecule has 1 atom stereocenters. The Morgan fingerprint density at radius 3 is 1.82 bits per heavy atom. The van der Waals surface area contributed by atoms with Crippen molar-refractivity contribution in [3.8, 4) is 22.5 Å². The molecule has 0 saturated carbocycles. The van der Waals surface area contributed by atoms with Gasteiger partial charge in [0.05, 0.1) is 5.56 Å². The summed E-state index contributed by atoms with van der Waals surface area (Å²) in [5.74, 6) is -0.246. The van der Waals surface area contributed by atoms with Crippen LogP contribution in [-0.2, 0) is 21.6 Å². The number of ether oxygens (including phenoxy) is 2. The van der Waals surface area contributed by atoms with Gasteiger partial charge in [-0.25, -0.2) is 24.2 Å². The highest BCUT2D eigenvalue weighted by atomic mass is 16.7. The van der Waals surface area contributed by atoms with Gasteiger partial charge in [0.15, 0.2) is 5.82 Å². The van der Waals surface area contributed by atoms with Crippen molar-refractivity contribution >= 4 is 17.8 Å². The lowest BCUT2D eigenvalue weighted by Gasteiger charge is -2.36. The molecular formula is C51H45N7O4. The minimum absolute atomic E-state index is 0.173. The van der Waals surface area contributed by atoms with Gasteiger partial charge in [0, 0.05) is 31.8 Å². The maximum absolute atomic E-state index is 13.5. The van der Waals surface area contributed by atoms with Crippen LogP contribution >= 0.6 is 0 Å². The van der Waals surface area contributed by atoms with E-state index in [1.807, 2.05) is 71.4 Å². The molecule has 2 heterocycles. The molecule has 62 heavy (non-hydrogen) atoms. The highest BCUT2D eigenvalue weighted by molar-refractivity contribution is 5.95. The van der Waals surface area contributed by atoms with Crippen molar-refractivity contribution in [2.24, 2.45) is 0 Å². The van der Waals surface area contributed by atoms with Gasteiger partial charge in [0.2, 0.25) is 6.29 Å². The van der Waals surface area contributed by atoms with E-state index >= 15 is 0 Å². The van der Waals surface area contributed by atoms with Gasteiger partial charge in [-0.3, -0.25) is 0 Å². The zero-order valence-electron chi connectivity index (χ0n) is 34.5. The van der Waals surface area contributed by atoms with Gasteiger partial charge in [-0.1, -0.05) is 171 Å². The second-order valence-electron chi connectivity index (χ2n) is 14.7. The summed E-state index contributed by atoms with van der Waals surface area (Å²) in [6.45, 7) is 4.71. The molecule has 8 aromatic rings. The molecule has 0 bridgehead atoms. The summed E-state index contributed by atoms with van der Waals surface area (Å²) >= 11 is 0. The molecule has 1 unspecified atom stereocenters. The molecular weight excluding hydrogens is 775 g/mol. The van der Waals surface area contributed by atoms with E-state index in [4.69, 9.17) is 19.8 Å². The molecule has 0 aliphatic heterocycles. The van der Waals surface area contributed by atoms with E-state index in [0.29, 0.717) is 30.3 Å². The Kier molecular flexibility index (Phi) is 12.6. The van der Waals surface area contributed by atoms with Crippen LogP contribution in [0.3, 0.4) is 0 Å². The van der Waals surface area contributed by atoms with E-state index < -0.39 is 23.8 Å². The average molecular weight is 820 g/mol. The molecule has 0 saturated heterocycles. The molecule has 0 fully saturated rings. The summed E-state index contributed by atoms with van der Waals surface area (Å²) in [5, 5.41) is 13.8. The number of hydrogen-bond acceptors (Lipinski definition) is 10. The van der Waals surface area contributed by atoms with Gasteiger partial charge in [-0.15, -0.1) is 5.10 Å². The second-order valence-corrected chi connectivity index (χ2v) is 14.7. The third-order valence-corrected chi connectivity index (χ3v) is 10.7. The van der Waals surface area contributed by atoms with Gasteiger partial charge < -0.3 is 14.4 Å². The molecule has 11 nitrogen and oxygen atoms in total. The molecule has 0 aliphatic rings. The second kappa shape index (κ2) is 19.1. The molecule has 0 amide bonds. The van der Waals surface area contributed by atoms with Crippen LogP contribution in [0.5, 0.6) is 0 Å². The maximum Gasteiger partial charge on any atom is 0.346 e. The van der Waals surface area contributed by atoms with Crippen molar-refractivity contribution < 1.29 is 19.1 Å². The van der Waals surface area contributed by atoms with Crippen LogP contribution in [0.15, 0.2) is 182 Å². The molecule has 0 radical (unpaired) electrons. The van der Waals surface area contributed by atoms with Crippen molar-refractivity contribution in [3.63, 3.8) is 0 Å². The van der Waals surface area contributed by atoms with Crippen molar-refractivity contribution in [1.29, 1.82) is 0 Å². The Hall–Kier alpha value is -7.79. The predicted octanol–water partition coefficient (Wildman–Crippen LogP) is 9.80. The fourth-order valence-electron chi connectivity index (χ4n) is 7.79. The standard InChI is InChI=1S/C51H45N7O4/c1-3-4-33-57(47-46(34-52-36-53-47)50(60)62-37(2)61-49(59)40-19-9-5-10-20-40)35-38-29-31-39(32-30-38)44-27-17-18-28-45(44)48-54-55-56-58(48)51(41-21-11-6-12-22-41,42-23-13-7-14-24-42)43-25-15-8-16-26-43/h5-32,34,36-37H,3-4,33,35H2,1-2H3. The van der Waals surface area contributed by atoms with Crippen LogP contribution in [0.25, 0.3) is 22.5 Å². The van der Waals surface area contributed by atoms with E-state index in [9.17, 15) is 9.59 Å². The predicted molar refractivity (Wildman–Crippen MR) is 238 cm³/mol. The summed E-state index contributed by atoms with van der Waals surface area (Å²) < 4.78 is 12.9. The SMILES string of the molecule is CCCCN(Cc1ccc(-c2ccccc2-c2nnnn2C(c2ccccc2)(c2ccccc2)c2ccccc2)cc1)c1ncncc1C(=O)OC(C)OC(=O)c1ccccc1. The first-order valence-electron chi connectivity index (χ1n) is 20.6. The topological polar surface area (TPSA) is 125 Å². The Labute approximate surface area is 360 Å². The van der Waals surface area contributed by atoms with E-state index in [1.165, 1.54) is 19.4 Å². The highest BCUT2D eigenvalue weighted by Gasteiger charge is 2.42. The Morgan fingerprint density at radius 2 is 1.23 bits per heavy atom. The van der Waals surface area contributed by atoms with Crippen LogP contribution in [0.2, 0.25) is 0 Å². The number of unbranched alkanes of at least 4 members (excludes halogenated alkanes) is 1. The van der Waals surface area contributed by atoms with E-state index in [-0.39, 0.29) is 5.56 Å². The van der Waals surface area contributed by atoms with Crippen LogP contribution in [-0.4, -0.2) is 54.9 Å². The van der Waals surface area contributed by atoms with Gasteiger partial charge >= 0.3 is 11.9 Å². The summed E-state index contributed by atoms with van der Waals surface area (Å²) in [6.07, 6.45) is 3.51. The fourth-order valence-corrected chi connectivity index (χ4v) is 7.79. The average Bonchev–Trinajstić information content (AvgIpc) is 3.82. The fraction of sp³-hybridized carbons (Fsp3) is 0.157. The lowest BCUT2D eigenvalue weighted by Crippen LogP contribution is -2.39. The first kappa shape index (κ1) is 41.0. The number of nitrogens with zero attached hydrogens (tertiary/aromatic N) is 7. The van der Waals surface area contributed by atoms with E-state index in [2.05, 4.69) is 99.8 Å². The van der Waals surface area contributed by atoms with Gasteiger partial charge in [-0.2, -0.15) is 0 Å². The smallest absolute Gasteiger partial charge is 0.346 e. The molecule has 0 spiro atoms. The molecule has 8 rings (SSSR count). The molecule has 0 N–H and O–H groups in total. The Bertz CT molecular complexity index is 2620. The minimum atomic E-state index is -1.14. The Morgan fingerprint density at radius 1 is 0.677 bits per heavy atom. The Balaban J connectivity index is 1.10. The number of carbonyl (C=O) groups excluding carboxylic acids is 2. The van der Waals surface area contributed by atoms with Crippen LogP contribution in [0.1, 0.15) is 69.7 Å². The minimum Gasteiger partial charge on any atom is -0.422 e. The number of rotatable bonds is 16. The number of benzene rings is 6. The molecule has 6 aromatic carbocycles. The summed E-state index contributed by atoms with van der Waals surface area (Å²) in [5.41, 5.74) is 6.49. The van der Waals surface area contributed by atoms with Crippen LogP contribution < -0.4 is 4.90 Å². The van der Waals surface area contributed by atoms with Crippen LogP contribution in [0, 0.1) is 0 Å². The largest absolute Gasteiger partial charge is 0.422 e. The quantitative estimate of drug-likeness (QED) is 0.0529. The van der Waals surface area contributed by atoms with E-state index in [0.717, 1.165) is 51.8 Å². The number of anilines is 1. The lowest BCUT2D eigenvalue weighted by atomic mass is 9.77. The number of hydrogen-bond donors (Lipinski definition) is 0. The normalized spacial score (nSPS) is 11.7. The lowest BCUT2D eigenvalue weighted by molar-refractivity contribution is -0.0691. The van der Waals surface area contributed by atoms with Crippen molar-refractivity contribution in [2.45, 2.75) is 45.1 Å². The monoisotopic (exact) mass is 819 g/mol. The molecule has 308 valence electrons. The third kappa shape index (κ3) is 8.60. The maximum atomic E-state index is 13.5. The summed E-state index contributed by atoms with van der Waals surface area (Å²) in [6, 6.07) is 56.1. The first-order valence-corrected chi connectivity index (χ1v) is 20.6. The molecule has 11 heteroatoms. The van der Waals surface area contributed by atoms with Crippen molar-refractivity contribution in [2.75, 3.05) is 11.4 Å². The first-order chi connectivity index (χ1) is 30.5. The third-order valence-electron chi connectivity index (χ3n) is 10.7. The zero-order valence-corrected chi connectivity index (χ0v) is 34.5. The highest BCUT2D eigenvalue weighted by Crippen LogP contribution is 2.43. The van der Waals surface area contributed by atoms with E-state index in [1.54, 1.807) is 30.3 Å². The van der Waals surface area contributed by atoms with Crippen molar-refractivity contribution in [3.05, 3.63) is 216 Å². The number of carbonyl (C=O) groups is 2. The van der Waals surface area contributed by atoms with Crippen LogP contribution in [0.4, 0.5) is 5.82 Å². The summed E-state index contributed by atoms with van der Waals surface area (Å²) in [7, 11) is 0. The molecule has 0 aliphatic carbocycles. The summed E-state index contributed by atoms with van der Waals surface area (Å²) in [4.78, 5) is 36.9. The van der Waals surface area contributed by atoms with Gasteiger partial charge in [-0.05, 0) is 62.4 Å². The zero-order chi connectivity index (χ0) is 42.7. The van der Waals surface area contributed by atoms with Crippen molar-refractivity contribution in [1.82, 2.24) is 30.2 Å². The van der Waals surface area contributed by atoms with Gasteiger partial charge in [0.1, 0.15) is 23.2 Å².